The van der Waals surface area contributed by atoms with E-state index in [9.17, 15) is 9.59 Å². The molecular formula is C20H27ClN8O3. The number of anilines is 3. The Hall–Kier alpha value is -2.80. The monoisotopic (exact) mass is 462 g/mol. The van der Waals surface area contributed by atoms with Gasteiger partial charge in [-0.2, -0.15) is 4.98 Å². The zero-order chi connectivity index (χ0) is 23.9. The highest BCUT2D eigenvalue weighted by Crippen LogP contribution is 2.43. The zero-order valence-corrected chi connectivity index (χ0v) is 18.5. The molecule has 2 amide bonds. The van der Waals surface area contributed by atoms with Crippen LogP contribution in [0.5, 0.6) is 5.88 Å². The second-order valence-corrected chi connectivity index (χ2v) is 8.13. The highest BCUT2D eigenvalue weighted by molar-refractivity contribution is 6.30. The van der Waals surface area contributed by atoms with Crippen LogP contribution < -0.4 is 43.6 Å². The minimum Gasteiger partial charge on any atom is -0.459 e. The van der Waals surface area contributed by atoms with Crippen LogP contribution in [0.15, 0.2) is 36.4 Å². The number of aromatic nitrogens is 1. The number of amides is 2. The predicted octanol–water partition coefficient (Wildman–Crippen LogP) is 0.433. The molecule has 0 bridgehead atoms. The average molecular weight is 463 g/mol. The van der Waals surface area contributed by atoms with Crippen LogP contribution in [0, 0.1) is 0 Å². The number of hydrogen-bond acceptors (Lipinski definition) is 9. The largest absolute Gasteiger partial charge is 0.459 e. The normalized spacial score (nSPS) is 15.8. The molecule has 0 atom stereocenters. The molecule has 0 aliphatic carbocycles. The number of benzene rings is 1. The van der Waals surface area contributed by atoms with Crippen molar-refractivity contribution in [3.8, 4) is 5.88 Å². The Labute approximate surface area is 190 Å². The van der Waals surface area contributed by atoms with Crippen molar-refractivity contribution in [2.45, 2.75) is 43.7 Å². The molecule has 32 heavy (non-hydrogen) atoms. The predicted molar refractivity (Wildman–Crippen MR) is 122 cm³/mol. The van der Waals surface area contributed by atoms with Gasteiger partial charge in [0.2, 0.25) is 5.88 Å². The van der Waals surface area contributed by atoms with Gasteiger partial charge in [0.25, 0.3) is 11.8 Å². The van der Waals surface area contributed by atoms with Crippen molar-refractivity contribution < 1.29 is 14.3 Å². The lowest BCUT2D eigenvalue weighted by molar-refractivity contribution is -0.135. The topological polar surface area (TPSA) is 202 Å². The van der Waals surface area contributed by atoms with Gasteiger partial charge in [0.1, 0.15) is 11.5 Å². The molecular weight excluding hydrogens is 436 g/mol. The van der Waals surface area contributed by atoms with Crippen LogP contribution in [0.2, 0.25) is 5.02 Å². The minimum atomic E-state index is -2.28. The van der Waals surface area contributed by atoms with Crippen molar-refractivity contribution in [2.75, 3.05) is 10.2 Å². The van der Waals surface area contributed by atoms with Crippen molar-refractivity contribution >= 4 is 40.6 Å². The number of nitrogens with one attached hydrogen (secondary N) is 1. The fourth-order valence-electron chi connectivity index (χ4n) is 3.25. The molecule has 2 heterocycles. The highest BCUT2D eigenvalue weighted by Gasteiger charge is 2.48. The summed E-state index contributed by atoms with van der Waals surface area (Å²) in [5.41, 5.74) is 25.5. The van der Waals surface area contributed by atoms with Gasteiger partial charge in [-0.25, -0.2) is 0 Å². The Bertz CT molecular complexity index is 1030. The van der Waals surface area contributed by atoms with Crippen molar-refractivity contribution in [3.05, 3.63) is 41.4 Å². The van der Waals surface area contributed by atoms with Gasteiger partial charge in [-0.3, -0.25) is 31.7 Å². The number of halogens is 1. The maximum absolute atomic E-state index is 13.5. The molecule has 1 aliphatic rings. The van der Waals surface area contributed by atoms with Crippen LogP contribution in [0.1, 0.15) is 26.7 Å². The maximum Gasteiger partial charge on any atom is 0.275 e. The van der Waals surface area contributed by atoms with Gasteiger partial charge >= 0.3 is 0 Å². The summed E-state index contributed by atoms with van der Waals surface area (Å²) in [7, 11) is 0. The zero-order valence-electron chi connectivity index (χ0n) is 17.8. The van der Waals surface area contributed by atoms with E-state index < -0.39 is 23.0 Å². The second kappa shape index (κ2) is 8.28. The first kappa shape index (κ1) is 23.9. The van der Waals surface area contributed by atoms with Crippen molar-refractivity contribution in [3.63, 3.8) is 0 Å². The molecule has 0 saturated carbocycles. The first-order chi connectivity index (χ1) is 14.9. The molecule has 2 aromatic rings. The van der Waals surface area contributed by atoms with Gasteiger partial charge in [-0.1, -0.05) is 25.4 Å². The first-order valence-corrected chi connectivity index (χ1v) is 10.3. The Morgan fingerprint density at radius 2 is 1.69 bits per heavy atom. The second-order valence-electron chi connectivity index (χ2n) is 7.70. The summed E-state index contributed by atoms with van der Waals surface area (Å²) in [6.45, 7) is 3.69. The summed E-state index contributed by atoms with van der Waals surface area (Å²) in [5, 5.41) is 2.97. The van der Waals surface area contributed by atoms with E-state index in [0.29, 0.717) is 29.2 Å². The molecule has 1 aromatic heterocycles. The number of nitrogens with zero attached hydrogens (tertiary/aromatic N) is 2. The van der Waals surface area contributed by atoms with Crippen LogP contribution in [-0.2, 0) is 9.59 Å². The quantitative estimate of drug-likeness (QED) is 0.329. The standard InChI is InChI=1S/C20H27ClN8O3/c1-3-18(4-2)17(31)29(12-7-5-11(21)6-8-12)13-9-10-14(27-15(13)32-18)28-16(30)19(22,23)20(24,25)26/h5-10H,3-4,22-26H2,1-2H3,(H,27,28,30). The molecule has 0 saturated heterocycles. The maximum atomic E-state index is 13.5. The number of rotatable bonds is 6. The van der Waals surface area contributed by atoms with Crippen molar-refractivity contribution in [1.82, 2.24) is 4.98 Å². The Morgan fingerprint density at radius 3 is 2.22 bits per heavy atom. The van der Waals surface area contributed by atoms with Gasteiger partial charge in [0.15, 0.2) is 17.1 Å². The number of fused-ring (bicyclic) bond motifs is 1. The minimum absolute atomic E-state index is 0.0600. The lowest BCUT2D eigenvalue weighted by atomic mass is 9.93. The van der Waals surface area contributed by atoms with Crippen LogP contribution in [-0.4, -0.2) is 33.8 Å². The van der Waals surface area contributed by atoms with E-state index in [-0.39, 0.29) is 17.6 Å². The van der Waals surface area contributed by atoms with E-state index in [0.717, 1.165) is 0 Å². The molecule has 11 nitrogen and oxygen atoms in total. The van der Waals surface area contributed by atoms with Crippen LogP contribution in [0.25, 0.3) is 0 Å². The summed E-state index contributed by atoms with van der Waals surface area (Å²) >= 11 is 6.01. The average Bonchev–Trinajstić information content (AvgIpc) is 2.73. The summed E-state index contributed by atoms with van der Waals surface area (Å²) < 4.78 is 6.06. The molecule has 12 heteroatoms. The number of nitrogens with two attached hydrogens (primary N) is 5. The Morgan fingerprint density at radius 1 is 1.09 bits per heavy atom. The molecule has 172 valence electrons. The van der Waals surface area contributed by atoms with Crippen LogP contribution in [0.4, 0.5) is 17.2 Å². The third kappa shape index (κ3) is 4.01. The lowest BCUT2D eigenvalue weighted by Gasteiger charge is -2.41. The Kier molecular flexibility index (Phi) is 6.17. The van der Waals surface area contributed by atoms with Crippen molar-refractivity contribution in [1.29, 1.82) is 0 Å². The van der Waals surface area contributed by atoms with Crippen molar-refractivity contribution in [2.24, 2.45) is 28.7 Å². The van der Waals surface area contributed by atoms with E-state index in [1.165, 1.54) is 11.0 Å². The molecule has 11 N–H and O–H groups in total. The third-order valence-electron chi connectivity index (χ3n) is 5.53. The van der Waals surface area contributed by atoms with E-state index in [2.05, 4.69) is 10.3 Å². The number of carbonyl (C=O) groups excluding carboxylic acids is 2. The van der Waals surface area contributed by atoms with E-state index in [4.69, 9.17) is 45.0 Å². The van der Waals surface area contributed by atoms with Gasteiger partial charge in [-0.05, 0) is 49.2 Å². The number of carbonyl (C=O) groups is 2. The Balaban J connectivity index is 2.05. The molecule has 0 spiro atoms. The van der Waals surface area contributed by atoms with E-state index >= 15 is 0 Å². The number of hydrogen-bond donors (Lipinski definition) is 6. The highest BCUT2D eigenvalue weighted by atomic mass is 35.5. The van der Waals surface area contributed by atoms with Crippen LogP contribution >= 0.6 is 11.6 Å². The molecule has 0 radical (unpaired) electrons. The fourth-order valence-corrected chi connectivity index (χ4v) is 3.38. The molecule has 0 fully saturated rings. The van der Waals surface area contributed by atoms with Gasteiger partial charge < -0.3 is 21.5 Å². The number of pyridine rings is 1. The summed E-state index contributed by atoms with van der Waals surface area (Å²) in [6, 6.07) is 9.85. The SMILES string of the molecule is CCC1(CC)Oc2nc(NC(=O)C(N)(N)C(N)(N)N)ccc2N(c2ccc(Cl)cc2)C1=O. The molecule has 3 rings (SSSR count). The first-order valence-electron chi connectivity index (χ1n) is 9.92. The fraction of sp³-hybridized carbons (Fsp3) is 0.350. The summed E-state index contributed by atoms with van der Waals surface area (Å²) in [4.78, 5) is 31.8. The molecule has 1 aromatic carbocycles. The molecule has 1 aliphatic heterocycles. The summed E-state index contributed by atoms with van der Waals surface area (Å²) in [5.74, 6) is -3.17. The van der Waals surface area contributed by atoms with Gasteiger partial charge in [-0.15, -0.1) is 0 Å². The molecule has 0 unspecified atom stereocenters. The van der Waals surface area contributed by atoms with Crippen LogP contribution in [0.3, 0.4) is 0 Å². The van der Waals surface area contributed by atoms with E-state index in [1.807, 2.05) is 13.8 Å². The smallest absolute Gasteiger partial charge is 0.275 e. The lowest BCUT2D eigenvalue weighted by Crippen LogP contribution is -2.84. The van der Waals surface area contributed by atoms with Gasteiger partial charge in [0.05, 0.1) is 0 Å². The van der Waals surface area contributed by atoms with E-state index in [1.54, 1.807) is 30.3 Å². The number of ether oxygens (including phenoxy) is 1. The third-order valence-corrected chi connectivity index (χ3v) is 5.78. The summed E-state index contributed by atoms with van der Waals surface area (Å²) in [6.07, 6.45) is 0.795. The van der Waals surface area contributed by atoms with Gasteiger partial charge in [0, 0.05) is 10.7 Å².